The minimum Gasteiger partial charge on any atom is -0.459 e. The number of nitrogens with zero attached hydrogens (tertiary/aromatic N) is 4. The average molecular weight is 482 g/mol. The molecule has 1 aromatic carbocycles. The number of carbonyl (C=O) groups excluding carboxylic acids is 2. The molecule has 4 unspecified atom stereocenters. The number of anilines is 1. The van der Waals surface area contributed by atoms with E-state index in [0.717, 1.165) is 6.92 Å². The van der Waals surface area contributed by atoms with E-state index in [1.54, 1.807) is 18.2 Å². The Labute approximate surface area is 190 Å². The molecule has 33 heavy (non-hydrogen) atoms. The second-order valence-electron chi connectivity index (χ2n) is 7.21. The third-order valence-corrected chi connectivity index (χ3v) is 5.32. The number of aromatic nitrogens is 4. The van der Waals surface area contributed by atoms with Crippen LogP contribution >= 0.6 is 11.6 Å². The Morgan fingerprint density at radius 2 is 2.00 bits per heavy atom. The van der Waals surface area contributed by atoms with Gasteiger partial charge in [-0.2, -0.15) is 9.97 Å². The quantitative estimate of drug-likeness (QED) is 0.416. The van der Waals surface area contributed by atoms with Crippen molar-refractivity contribution < 1.29 is 32.6 Å². The van der Waals surface area contributed by atoms with Gasteiger partial charge in [-0.05, 0) is 12.1 Å². The topological polar surface area (TPSA) is 131 Å². The van der Waals surface area contributed by atoms with E-state index < -0.39 is 49.3 Å². The molecule has 2 aromatic heterocycles. The number of esters is 2. The number of ether oxygens (including phenoxy) is 3. The first kappa shape index (κ1) is 22.8. The van der Waals surface area contributed by atoms with Crippen LogP contribution < -0.4 is 5.73 Å². The van der Waals surface area contributed by atoms with Crippen LogP contribution in [0.25, 0.3) is 11.2 Å². The third-order valence-electron chi connectivity index (χ3n) is 5.06. The molecule has 4 atom stereocenters. The number of rotatable bonds is 6. The van der Waals surface area contributed by atoms with Gasteiger partial charge in [-0.15, -0.1) is 0 Å². The molecule has 3 aromatic rings. The number of carbonyl (C=O) groups is 2. The van der Waals surface area contributed by atoms with E-state index in [0.29, 0.717) is 0 Å². The van der Waals surface area contributed by atoms with Gasteiger partial charge in [0.1, 0.15) is 18.2 Å². The zero-order valence-electron chi connectivity index (χ0n) is 17.1. The lowest BCUT2D eigenvalue weighted by Gasteiger charge is -2.23. The predicted molar refractivity (Wildman–Crippen MR) is 110 cm³/mol. The monoisotopic (exact) mass is 481 g/mol. The van der Waals surface area contributed by atoms with Crippen molar-refractivity contribution in [1.29, 1.82) is 0 Å². The van der Waals surface area contributed by atoms with Gasteiger partial charge >= 0.3 is 11.9 Å². The summed E-state index contributed by atoms with van der Waals surface area (Å²) >= 11 is 6.04. The molecule has 0 radical (unpaired) electrons. The van der Waals surface area contributed by atoms with Gasteiger partial charge in [0, 0.05) is 6.92 Å². The van der Waals surface area contributed by atoms with Crippen LogP contribution in [-0.2, 0) is 19.0 Å². The van der Waals surface area contributed by atoms with E-state index in [1.807, 2.05) is 0 Å². The lowest BCUT2D eigenvalue weighted by Crippen LogP contribution is -2.37. The Balaban J connectivity index is 1.65. The second kappa shape index (κ2) is 9.24. The SMILES string of the molecule is CC(=O)OC1C(C(F)F)C(COC(=O)c2ccccc2)OC1n1cnc2c(Cl)nc(N)nc21. The standard InChI is InChI=1S/C20H18ClF2N5O5/c1-9(29)32-14-12(16(22)23)11(7-31-19(30)10-5-3-2-4-6-10)33-18(14)28-8-25-13-15(21)26-20(24)27-17(13)28/h2-6,8,11-12,14,16,18H,7H2,1H3,(H2,24,26,27). The van der Waals surface area contributed by atoms with Crippen molar-refractivity contribution in [3.63, 3.8) is 0 Å². The van der Waals surface area contributed by atoms with Crippen LogP contribution in [0.1, 0.15) is 23.5 Å². The van der Waals surface area contributed by atoms with E-state index in [1.165, 1.54) is 23.0 Å². The van der Waals surface area contributed by atoms with Crippen molar-refractivity contribution in [1.82, 2.24) is 19.5 Å². The minimum atomic E-state index is -2.96. The third kappa shape index (κ3) is 4.57. The summed E-state index contributed by atoms with van der Waals surface area (Å²) in [5.41, 5.74) is 6.16. The Morgan fingerprint density at radius 1 is 1.27 bits per heavy atom. The Bertz CT molecular complexity index is 1180. The van der Waals surface area contributed by atoms with Gasteiger partial charge in [-0.25, -0.2) is 18.6 Å². The molecule has 1 saturated heterocycles. The van der Waals surface area contributed by atoms with E-state index in [9.17, 15) is 18.4 Å². The molecule has 174 valence electrons. The van der Waals surface area contributed by atoms with Crippen LogP contribution in [-0.4, -0.2) is 56.7 Å². The maximum atomic E-state index is 14.1. The molecule has 3 heterocycles. The fourth-order valence-corrected chi connectivity index (χ4v) is 3.88. The minimum absolute atomic E-state index is 0.0444. The number of fused-ring (bicyclic) bond motifs is 1. The fourth-order valence-electron chi connectivity index (χ4n) is 3.66. The van der Waals surface area contributed by atoms with Gasteiger partial charge in [0.25, 0.3) is 0 Å². The first-order valence-corrected chi connectivity index (χ1v) is 10.1. The molecule has 0 spiro atoms. The van der Waals surface area contributed by atoms with E-state index in [-0.39, 0.29) is 27.8 Å². The molecular weight excluding hydrogens is 464 g/mol. The number of imidazole rings is 1. The Morgan fingerprint density at radius 3 is 2.67 bits per heavy atom. The van der Waals surface area contributed by atoms with Crippen molar-refractivity contribution >= 4 is 40.7 Å². The summed E-state index contributed by atoms with van der Waals surface area (Å²) in [5.74, 6) is -3.28. The van der Waals surface area contributed by atoms with Crippen molar-refractivity contribution in [3.05, 3.63) is 47.4 Å². The van der Waals surface area contributed by atoms with Crippen molar-refractivity contribution in [2.75, 3.05) is 12.3 Å². The van der Waals surface area contributed by atoms with Gasteiger partial charge in [-0.3, -0.25) is 9.36 Å². The fraction of sp³-hybridized carbons (Fsp3) is 0.350. The van der Waals surface area contributed by atoms with Crippen LogP contribution in [0.5, 0.6) is 0 Å². The molecule has 0 amide bonds. The highest BCUT2D eigenvalue weighted by molar-refractivity contribution is 6.33. The number of benzene rings is 1. The first-order chi connectivity index (χ1) is 15.8. The number of hydrogen-bond donors (Lipinski definition) is 1. The van der Waals surface area contributed by atoms with E-state index in [4.69, 9.17) is 31.5 Å². The maximum absolute atomic E-state index is 14.1. The zero-order valence-corrected chi connectivity index (χ0v) is 17.9. The summed E-state index contributed by atoms with van der Waals surface area (Å²) in [7, 11) is 0. The molecule has 13 heteroatoms. The van der Waals surface area contributed by atoms with Gasteiger partial charge in [0.2, 0.25) is 12.4 Å². The number of halogens is 3. The predicted octanol–water partition coefficient (Wildman–Crippen LogP) is 2.63. The molecule has 0 bridgehead atoms. The van der Waals surface area contributed by atoms with Gasteiger partial charge in [0.05, 0.1) is 17.8 Å². The van der Waals surface area contributed by atoms with Gasteiger partial charge < -0.3 is 19.9 Å². The van der Waals surface area contributed by atoms with Crippen LogP contribution in [0.3, 0.4) is 0 Å². The van der Waals surface area contributed by atoms with Crippen LogP contribution in [0.15, 0.2) is 36.7 Å². The zero-order chi connectivity index (χ0) is 23.7. The molecule has 1 aliphatic rings. The summed E-state index contributed by atoms with van der Waals surface area (Å²) in [6.45, 7) is 0.590. The normalized spacial score (nSPS) is 22.6. The lowest BCUT2D eigenvalue weighted by atomic mass is 9.98. The summed E-state index contributed by atoms with van der Waals surface area (Å²) in [4.78, 5) is 35.9. The second-order valence-corrected chi connectivity index (χ2v) is 7.57. The molecular formula is C20H18ClF2N5O5. The smallest absolute Gasteiger partial charge is 0.338 e. The highest BCUT2D eigenvalue weighted by atomic mass is 35.5. The Kier molecular flexibility index (Phi) is 6.38. The number of nitrogens with two attached hydrogens (primary N) is 1. The first-order valence-electron chi connectivity index (χ1n) is 9.74. The van der Waals surface area contributed by atoms with Crippen LogP contribution in [0.2, 0.25) is 5.15 Å². The number of hydrogen-bond acceptors (Lipinski definition) is 9. The van der Waals surface area contributed by atoms with E-state index >= 15 is 0 Å². The summed E-state index contributed by atoms with van der Waals surface area (Å²) in [6, 6.07) is 8.05. The molecule has 1 aliphatic heterocycles. The summed E-state index contributed by atoms with van der Waals surface area (Å²) < 4.78 is 45.7. The highest BCUT2D eigenvalue weighted by Gasteiger charge is 2.53. The van der Waals surface area contributed by atoms with Crippen molar-refractivity contribution in [2.24, 2.45) is 5.92 Å². The van der Waals surface area contributed by atoms with Crippen LogP contribution in [0.4, 0.5) is 14.7 Å². The molecule has 2 N–H and O–H groups in total. The van der Waals surface area contributed by atoms with Gasteiger partial charge in [0.15, 0.2) is 23.1 Å². The molecule has 0 saturated carbocycles. The lowest BCUT2D eigenvalue weighted by molar-refractivity contribution is -0.155. The number of nitrogen functional groups attached to an aromatic ring is 1. The van der Waals surface area contributed by atoms with Crippen molar-refractivity contribution in [2.45, 2.75) is 31.8 Å². The molecule has 10 nitrogen and oxygen atoms in total. The Hall–Kier alpha value is -3.38. The molecule has 4 rings (SSSR count). The van der Waals surface area contributed by atoms with Crippen molar-refractivity contribution in [3.8, 4) is 0 Å². The number of alkyl halides is 2. The maximum Gasteiger partial charge on any atom is 0.338 e. The highest BCUT2D eigenvalue weighted by Crippen LogP contribution is 2.41. The van der Waals surface area contributed by atoms with Crippen LogP contribution in [0, 0.1) is 5.92 Å². The molecule has 1 fully saturated rings. The molecule has 0 aliphatic carbocycles. The summed E-state index contributed by atoms with van der Waals surface area (Å²) in [5, 5.41) is -0.0444. The average Bonchev–Trinajstić information content (AvgIpc) is 3.33. The van der Waals surface area contributed by atoms with Gasteiger partial charge in [-0.1, -0.05) is 29.8 Å². The summed E-state index contributed by atoms with van der Waals surface area (Å²) in [6.07, 6.45) is -5.71. The largest absolute Gasteiger partial charge is 0.459 e. The van der Waals surface area contributed by atoms with E-state index in [2.05, 4.69) is 15.0 Å².